The number of rotatable bonds is 3. The maximum atomic E-state index is 13.9. The van der Waals surface area contributed by atoms with Crippen molar-refractivity contribution in [3.63, 3.8) is 0 Å². The third-order valence-corrected chi connectivity index (χ3v) is 6.88. The van der Waals surface area contributed by atoms with E-state index in [9.17, 15) is 22.0 Å². The van der Waals surface area contributed by atoms with E-state index in [1.54, 1.807) is 0 Å². The number of carbonyl (C=O) groups is 1. The summed E-state index contributed by atoms with van der Waals surface area (Å²) in [5.41, 5.74) is 0.338. The number of benzene rings is 2. The van der Waals surface area contributed by atoms with Crippen molar-refractivity contribution in [1.82, 2.24) is 9.21 Å². The summed E-state index contributed by atoms with van der Waals surface area (Å²) in [5, 5.41) is 0.570. The Morgan fingerprint density at radius 1 is 0.926 bits per heavy atom. The van der Waals surface area contributed by atoms with Gasteiger partial charge in [0, 0.05) is 37.8 Å². The normalized spacial score (nSPS) is 15.8. The van der Waals surface area contributed by atoms with Crippen molar-refractivity contribution in [2.75, 3.05) is 26.2 Å². The molecule has 1 saturated heterocycles. The van der Waals surface area contributed by atoms with Gasteiger partial charge in [0.25, 0.3) is 5.91 Å². The summed E-state index contributed by atoms with van der Waals surface area (Å²) in [6, 6.07) is 6.80. The monoisotopic (exact) mass is 434 g/mol. The molecule has 0 aromatic heterocycles. The average molecular weight is 435 g/mol. The topological polar surface area (TPSA) is 57.7 Å². The third kappa shape index (κ3) is 4.08. The predicted molar refractivity (Wildman–Crippen MR) is 97.5 cm³/mol. The quantitative estimate of drug-likeness (QED) is 0.743. The number of sulfonamides is 1. The molecule has 0 unspecified atom stereocenters. The molecule has 0 aliphatic carbocycles. The van der Waals surface area contributed by atoms with Crippen molar-refractivity contribution < 1.29 is 22.0 Å². The largest absolute Gasteiger partial charge is 0.336 e. The van der Waals surface area contributed by atoms with E-state index in [-0.39, 0.29) is 37.1 Å². The van der Waals surface area contributed by atoms with E-state index < -0.39 is 26.6 Å². The van der Waals surface area contributed by atoms with Gasteiger partial charge in [-0.2, -0.15) is 4.31 Å². The molecule has 27 heavy (non-hydrogen) atoms. The highest BCUT2D eigenvalue weighted by atomic mass is 35.5. The van der Waals surface area contributed by atoms with Gasteiger partial charge in [-0.25, -0.2) is 17.2 Å². The minimum atomic E-state index is -4.12. The number of hydrogen-bond acceptors (Lipinski definition) is 3. The molecule has 144 valence electrons. The highest BCUT2D eigenvalue weighted by molar-refractivity contribution is 7.89. The second-order valence-corrected chi connectivity index (χ2v) is 8.62. The zero-order chi connectivity index (χ0) is 19.8. The first kappa shape index (κ1) is 20.0. The van der Waals surface area contributed by atoms with Gasteiger partial charge >= 0.3 is 0 Å². The molecule has 5 nitrogen and oxygen atoms in total. The molecule has 0 atom stereocenters. The fourth-order valence-corrected chi connectivity index (χ4v) is 4.53. The molecule has 0 radical (unpaired) electrons. The van der Waals surface area contributed by atoms with Crippen molar-refractivity contribution in [3.05, 3.63) is 63.6 Å². The minimum Gasteiger partial charge on any atom is -0.336 e. The van der Waals surface area contributed by atoms with E-state index in [0.29, 0.717) is 16.7 Å². The van der Waals surface area contributed by atoms with Crippen molar-refractivity contribution in [1.29, 1.82) is 0 Å². The molecule has 1 aliphatic rings. The maximum absolute atomic E-state index is 13.9. The van der Waals surface area contributed by atoms with Crippen molar-refractivity contribution in [3.8, 4) is 0 Å². The molecule has 1 aliphatic heterocycles. The smallest absolute Gasteiger partial charge is 0.253 e. The van der Waals surface area contributed by atoms with E-state index in [1.807, 2.05) is 0 Å². The maximum Gasteiger partial charge on any atom is 0.253 e. The SMILES string of the molecule is O=C(c1ccc(Cl)c(Cl)c1)N1CCN(S(=O)(=O)c2ccc(F)cc2F)CC1. The van der Waals surface area contributed by atoms with Crippen LogP contribution in [0.2, 0.25) is 10.0 Å². The van der Waals surface area contributed by atoms with Crippen LogP contribution in [0.25, 0.3) is 0 Å². The van der Waals surface area contributed by atoms with Gasteiger partial charge in [-0.05, 0) is 30.3 Å². The van der Waals surface area contributed by atoms with Gasteiger partial charge < -0.3 is 4.90 Å². The number of amides is 1. The summed E-state index contributed by atoms with van der Waals surface area (Å²) in [6.45, 7) is 0.237. The molecule has 1 heterocycles. The molecule has 3 rings (SSSR count). The highest BCUT2D eigenvalue weighted by Crippen LogP contribution is 2.25. The summed E-state index contributed by atoms with van der Waals surface area (Å²) in [5.74, 6) is -2.31. The van der Waals surface area contributed by atoms with Gasteiger partial charge in [0.1, 0.15) is 16.5 Å². The Hall–Kier alpha value is -1.74. The lowest BCUT2D eigenvalue weighted by molar-refractivity contribution is 0.0697. The lowest BCUT2D eigenvalue weighted by Gasteiger charge is -2.34. The van der Waals surface area contributed by atoms with E-state index in [2.05, 4.69) is 0 Å². The van der Waals surface area contributed by atoms with Crippen LogP contribution in [0.3, 0.4) is 0 Å². The van der Waals surface area contributed by atoms with Crippen LogP contribution in [0.4, 0.5) is 8.78 Å². The first-order valence-electron chi connectivity index (χ1n) is 7.89. The summed E-state index contributed by atoms with van der Waals surface area (Å²) < 4.78 is 53.1. The molecule has 10 heteroatoms. The molecule has 0 bridgehead atoms. The van der Waals surface area contributed by atoms with E-state index in [0.717, 1.165) is 16.4 Å². The fourth-order valence-electron chi connectivity index (χ4n) is 2.77. The van der Waals surface area contributed by atoms with Gasteiger partial charge in [-0.1, -0.05) is 23.2 Å². The van der Waals surface area contributed by atoms with Gasteiger partial charge in [0.05, 0.1) is 10.0 Å². The number of carbonyl (C=O) groups excluding carboxylic acids is 1. The van der Waals surface area contributed by atoms with Crippen LogP contribution < -0.4 is 0 Å². The molecule has 0 N–H and O–H groups in total. The van der Waals surface area contributed by atoms with Crippen molar-refractivity contribution in [2.45, 2.75) is 4.90 Å². The third-order valence-electron chi connectivity index (χ3n) is 4.20. The number of nitrogens with zero attached hydrogens (tertiary/aromatic N) is 2. The predicted octanol–water partition coefficient (Wildman–Crippen LogP) is 3.42. The van der Waals surface area contributed by atoms with Crippen LogP contribution in [0.15, 0.2) is 41.3 Å². The van der Waals surface area contributed by atoms with Gasteiger partial charge in [0.2, 0.25) is 10.0 Å². The van der Waals surface area contributed by atoms with Crippen LogP contribution in [-0.4, -0.2) is 49.7 Å². The minimum absolute atomic E-state index is 0.00773. The summed E-state index contributed by atoms with van der Waals surface area (Å²) in [4.78, 5) is 13.4. The molecule has 2 aromatic carbocycles. The first-order valence-corrected chi connectivity index (χ1v) is 10.1. The Morgan fingerprint density at radius 2 is 1.59 bits per heavy atom. The zero-order valence-electron chi connectivity index (χ0n) is 13.8. The number of hydrogen-bond donors (Lipinski definition) is 0. The van der Waals surface area contributed by atoms with Gasteiger partial charge in [0.15, 0.2) is 0 Å². The molecular formula is C17H14Cl2F2N2O3S. The molecule has 2 aromatic rings. The first-order chi connectivity index (χ1) is 12.7. The number of piperazine rings is 1. The Balaban J connectivity index is 1.72. The van der Waals surface area contributed by atoms with Crippen molar-refractivity contribution in [2.24, 2.45) is 0 Å². The Bertz CT molecular complexity index is 994. The van der Waals surface area contributed by atoms with Crippen molar-refractivity contribution >= 4 is 39.1 Å². The Morgan fingerprint density at radius 3 is 2.19 bits per heavy atom. The van der Waals surface area contributed by atoms with Crippen LogP contribution in [0.1, 0.15) is 10.4 Å². The zero-order valence-corrected chi connectivity index (χ0v) is 16.2. The van der Waals surface area contributed by atoms with E-state index >= 15 is 0 Å². The fraction of sp³-hybridized carbons (Fsp3) is 0.235. The number of halogens is 4. The summed E-state index contributed by atoms with van der Waals surface area (Å²) in [6.07, 6.45) is 0. The average Bonchev–Trinajstić information content (AvgIpc) is 2.63. The highest BCUT2D eigenvalue weighted by Gasteiger charge is 2.32. The van der Waals surface area contributed by atoms with Crippen LogP contribution in [0, 0.1) is 11.6 Å². The second-order valence-electron chi connectivity index (χ2n) is 5.90. The standard InChI is InChI=1S/C17H14Cl2F2N2O3S/c18-13-3-1-11(9-14(13)19)17(24)22-5-7-23(8-6-22)27(25,26)16-4-2-12(20)10-15(16)21/h1-4,9-10H,5-8H2. The van der Waals surface area contributed by atoms with Crippen LogP contribution in [-0.2, 0) is 10.0 Å². The lowest BCUT2D eigenvalue weighted by atomic mass is 10.2. The molecule has 1 amide bonds. The molecular weight excluding hydrogens is 421 g/mol. The summed E-state index contributed by atoms with van der Waals surface area (Å²) in [7, 11) is -4.12. The van der Waals surface area contributed by atoms with E-state index in [4.69, 9.17) is 23.2 Å². The van der Waals surface area contributed by atoms with Gasteiger partial charge in [-0.15, -0.1) is 0 Å². The summed E-state index contributed by atoms with van der Waals surface area (Å²) >= 11 is 11.8. The molecule has 1 fully saturated rings. The molecule has 0 saturated carbocycles. The lowest BCUT2D eigenvalue weighted by Crippen LogP contribution is -2.50. The van der Waals surface area contributed by atoms with Crippen LogP contribution >= 0.6 is 23.2 Å². The molecule has 0 spiro atoms. The van der Waals surface area contributed by atoms with Crippen LogP contribution in [0.5, 0.6) is 0 Å². The van der Waals surface area contributed by atoms with Gasteiger partial charge in [-0.3, -0.25) is 4.79 Å². The van der Waals surface area contributed by atoms with E-state index in [1.165, 1.54) is 23.1 Å². The second kappa shape index (κ2) is 7.71. The Kier molecular flexibility index (Phi) is 5.71. The Labute approximate surface area is 165 Å².